The van der Waals surface area contributed by atoms with Crippen molar-refractivity contribution < 1.29 is 19.0 Å². The lowest BCUT2D eigenvalue weighted by atomic mass is 10.1. The minimum absolute atomic E-state index is 0.317. The topological polar surface area (TPSA) is 49.7 Å². The van der Waals surface area contributed by atoms with Gasteiger partial charge >= 0.3 is 5.97 Å². The lowest BCUT2D eigenvalue weighted by Gasteiger charge is -2.16. The van der Waals surface area contributed by atoms with E-state index in [1.165, 1.54) is 21.8 Å². The van der Waals surface area contributed by atoms with Crippen molar-refractivity contribution in [2.24, 2.45) is 0 Å². The molecule has 182 valence electrons. The zero-order chi connectivity index (χ0) is 24.3. The number of rotatable bonds is 13. The molecule has 1 heterocycles. The van der Waals surface area contributed by atoms with E-state index in [0.29, 0.717) is 26.2 Å². The van der Waals surface area contributed by atoms with Crippen LogP contribution in [0.5, 0.6) is 5.75 Å². The zero-order valence-corrected chi connectivity index (χ0v) is 21.4. The molecule has 0 radical (unpaired) electrons. The minimum Gasteiger partial charge on any atom is -0.492 e. The van der Waals surface area contributed by atoms with Crippen molar-refractivity contribution in [3.05, 3.63) is 83.2 Å². The van der Waals surface area contributed by atoms with Gasteiger partial charge in [-0.3, -0.25) is 0 Å². The van der Waals surface area contributed by atoms with Crippen LogP contribution >= 0.6 is 11.8 Å². The largest absolute Gasteiger partial charge is 0.492 e. The Balaban J connectivity index is 1.54. The molecule has 3 aromatic rings. The summed E-state index contributed by atoms with van der Waals surface area (Å²) in [6, 6.07) is 21.0. The Labute approximate surface area is 207 Å². The number of ether oxygens (including phenoxy) is 3. The molecule has 0 fully saturated rings. The summed E-state index contributed by atoms with van der Waals surface area (Å²) in [6.45, 7) is 7.99. The smallest absolute Gasteiger partial charge is 0.335 e. The van der Waals surface area contributed by atoms with Gasteiger partial charge in [0.1, 0.15) is 12.4 Å². The van der Waals surface area contributed by atoms with E-state index in [4.69, 9.17) is 14.2 Å². The van der Waals surface area contributed by atoms with Crippen LogP contribution < -0.4 is 4.74 Å². The van der Waals surface area contributed by atoms with Gasteiger partial charge in [-0.1, -0.05) is 24.3 Å². The molecule has 0 amide bonds. The maximum Gasteiger partial charge on any atom is 0.335 e. The van der Waals surface area contributed by atoms with E-state index >= 15 is 0 Å². The molecule has 1 atom stereocenters. The van der Waals surface area contributed by atoms with Gasteiger partial charge in [0.2, 0.25) is 0 Å². The number of nitrogens with zero attached hydrogens (tertiary/aromatic N) is 1. The zero-order valence-electron chi connectivity index (χ0n) is 20.6. The highest BCUT2D eigenvalue weighted by Crippen LogP contribution is 2.19. The molecule has 34 heavy (non-hydrogen) atoms. The lowest BCUT2D eigenvalue weighted by Crippen LogP contribution is -2.28. The van der Waals surface area contributed by atoms with E-state index in [-0.39, 0.29) is 5.97 Å². The monoisotopic (exact) mass is 481 g/mol. The number of aryl methyl sites for hydroxylation is 1. The summed E-state index contributed by atoms with van der Waals surface area (Å²) in [5, 5.41) is 0. The highest BCUT2D eigenvalue weighted by Gasteiger charge is 2.20. The first kappa shape index (κ1) is 25.9. The fourth-order valence-electron chi connectivity index (χ4n) is 3.89. The predicted molar refractivity (Wildman–Crippen MR) is 138 cm³/mol. The maximum absolute atomic E-state index is 12.1. The Kier molecular flexibility index (Phi) is 10.1. The Morgan fingerprint density at radius 3 is 2.29 bits per heavy atom. The molecule has 0 saturated carbocycles. The summed E-state index contributed by atoms with van der Waals surface area (Å²) in [5.41, 5.74) is 4.83. The fraction of sp³-hybridized carbons (Fsp3) is 0.393. The van der Waals surface area contributed by atoms with E-state index < -0.39 is 6.10 Å². The second-order valence-corrected chi connectivity index (χ2v) is 8.91. The lowest BCUT2D eigenvalue weighted by molar-refractivity contribution is -0.156. The Bertz CT molecular complexity index is 1030. The van der Waals surface area contributed by atoms with Gasteiger partial charge in [-0.25, -0.2) is 4.79 Å². The molecule has 0 bridgehead atoms. The average Bonchev–Trinajstić information content (AvgIpc) is 3.19. The Morgan fingerprint density at radius 1 is 0.941 bits per heavy atom. The van der Waals surface area contributed by atoms with Gasteiger partial charge in [-0.15, -0.1) is 11.8 Å². The van der Waals surface area contributed by atoms with Crippen LogP contribution in [0.2, 0.25) is 0 Å². The molecule has 0 aliphatic rings. The molecule has 0 spiro atoms. The summed E-state index contributed by atoms with van der Waals surface area (Å²) in [4.78, 5) is 13.4. The van der Waals surface area contributed by atoms with Crippen LogP contribution in [0.15, 0.2) is 65.6 Å². The van der Waals surface area contributed by atoms with Crippen LogP contribution in [0.25, 0.3) is 0 Å². The van der Waals surface area contributed by atoms with Crippen LogP contribution in [0.1, 0.15) is 36.4 Å². The van der Waals surface area contributed by atoms with Gasteiger partial charge in [0.25, 0.3) is 0 Å². The summed E-state index contributed by atoms with van der Waals surface area (Å²) in [7, 11) is 0. The molecule has 0 saturated heterocycles. The molecule has 3 rings (SSSR count). The number of esters is 1. The third kappa shape index (κ3) is 7.40. The van der Waals surface area contributed by atoms with E-state index in [1.807, 2.05) is 31.2 Å². The van der Waals surface area contributed by atoms with Gasteiger partial charge in [-0.2, -0.15) is 0 Å². The molecule has 6 heteroatoms. The Morgan fingerprint density at radius 2 is 1.65 bits per heavy atom. The second kappa shape index (κ2) is 13.3. The fourth-order valence-corrected chi connectivity index (χ4v) is 4.30. The molecule has 0 aliphatic heterocycles. The number of hydrogen-bond donors (Lipinski definition) is 0. The minimum atomic E-state index is -0.580. The number of hydrogen-bond acceptors (Lipinski definition) is 5. The number of carbonyl (C=O) groups is 1. The molecule has 2 aromatic carbocycles. The van der Waals surface area contributed by atoms with Crippen LogP contribution in [0, 0.1) is 6.92 Å². The average molecular weight is 482 g/mol. The van der Waals surface area contributed by atoms with Crippen molar-refractivity contribution in [2.75, 3.05) is 26.1 Å². The van der Waals surface area contributed by atoms with Crippen molar-refractivity contribution in [3.8, 4) is 5.75 Å². The standard InChI is InChI=1S/C28H35NO4S/c1-5-31-27(28(30)32-6-2)20-23-8-13-25(14-9-23)33-18-17-29-21(3)7-12-24(29)19-22-10-15-26(34-4)16-11-22/h7-16,27H,5-6,17-20H2,1-4H3. The Hall–Kier alpha value is -2.70. The molecule has 0 aliphatic carbocycles. The van der Waals surface area contributed by atoms with Gasteiger partial charge in [0, 0.05) is 35.7 Å². The van der Waals surface area contributed by atoms with Crippen molar-refractivity contribution in [3.63, 3.8) is 0 Å². The van der Waals surface area contributed by atoms with Gasteiger partial charge in [0.15, 0.2) is 6.10 Å². The van der Waals surface area contributed by atoms with Crippen molar-refractivity contribution >= 4 is 17.7 Å². The number of carbonyl (C=O) groups excluding carboxylic acids is 1. The highest BCUT2D eigenvalue weighted by molar-refractivity contribution is 7.98. The highest BCUT2D eigenvalue weighted by atomic mass is 32.2. The molecular formula is C28H35NO4S. The maximum atomic E-state index is 12.1. The second-order valence-electron chi connectivity index (χ2n) is 8.04. The molecule has 1 aromatic heterocycles. The first-order valence-electron chi connectivity index (χ1n) is 11.8. The van der Waals surface area contributed by atoms with Crippen molar-refractivity contribution in [1.82, 2.24) is 4.57 Å². The normalized spacial score (nSPS) is 11.9. The first-order valence-corrected chi connectivity index (χ1v) is 13.0. The number of benzene rings is 2. The van der Waals surface area contributed by atoms with E-state index in [9.17, 15) is 4.79 Å². The molecule has 0 N–H and O–H groups in total. The van der Waals surface area contributed by atoms with E-state index in [2.05, 4.69) is 54.1 Å². The summed E-state index contributed by atoms with van der Waals surface area (Å²) >= 11 is 1.76. The van der Waals surface area contributed by atoms with Crippen molar-refractivity contribution in [2.45, 2.75) is 51.2 Å². The third-order valence-corrected chi connectivity index (χ3v) is 6.42. The molecular weight excluding hydrogens is 446 g/mol. The molecule has 5 nitrogen and oxygen atoms in total. The quantitative estimate of drug-likeness (QED) is 0.232. The molecule has 1 unspecified atom stereocenters. The van der Waals surface area contributed by atoms with Crippen LogP contribution in [0.3, 0.4) is 0 Å². The van der Waals surface area contributed by atoms with Gasteiger partial charge in [-0.05, 0) is 74.6 Å². The van der Waals surface area contributed by atoms with Crippen LogP contribution in [-0.4, -0.2) is 42.7 Å². The summed E-state index contributed by atoms with van der Waals surface area (Å²) in [5.74, 6) is 0.495. The van der Waals surface area contributed by atoms with Crippen molar-refractivity contribution in [1.29, 1.82) is 0 Å². The van der Waals surface area contributed by atoms with Gasteiger partial charge < -0.3 is 18.8 Å². The van der Waals surface area contributed by atoms with Crippen LogP contribution in [0.4, 0.5) is 0 Å². The first-order chi connectivity index (χ1) is 16.5. The van der Waals surface area contributed by atoms with Crippen LogP contribution in [-0.2, 0) is 33.7 Å². The SMILES string of the molecule is CCOC(=O)C(Cc1ccc(OCCn2c(C)ccc2Cc2ccc(SC)cc2)cc1)OCC. The summed E-state index contributed by atoms with van der Waals surface area (Å²) in [6.07, 6.45) is 2.90. The van der Waals surface area contributed by atoms with Gasteiger partial charge in [0.05, 0.1) is 13.2 Å². The third-order valence-electron chi connectivity index (χ3n) is 5.68. The predicted octanol–water partition coefficient (Wildman–Crippen LogP) is 5.70. The number of thioether (sulfide) groups is 1. The van der Waals surface area contributed by atoms with E-state index in [1.54, 1.807) is 18.7 Å². The number of aromatic nitrogens is 1. The summed E-state index contributed by atoms with van der Waals surface area (Å²) < 4.78 is 19.0. The van der Waals surface area contributed by atoms with E-state index in [0.717, 1.165) is 24.3 Å².